The molecule has 2 atom stereocenters. The molecule has 2 aromatic carbocycles. The van der Waals surface area contributed by atoms with Gasteiger partial charge in [0, 0.05) is 18.1 Å². The average Bonchev–Trinajstić information content (AvgIpc) is 3.28. The number of fused-ring (bicyclic) bond motifs is 1. The Bertz CT molecular complexity index is 1310. The average molecular weight is 534 g/mol. The van der Waals surface area contributed by atoms with Crippen molar-refractivity contribution in [2.24, 2.45) is 0 Å². The molecule has 1 amide bonds. The molecule has 0 radical (unpaired) electrons. The van der Waals surface area contributed by atoms with Crippen LogP contribution in [0.15, 0.2) is 54.1 Å². The first-order chi connectivity index (χ1) is 16.8. The number of halogens is 2. The maximum absolute atomic E-state index is 13.6. The van der Waals surface area contributed by atoms with Gasteiger partial charge in [-0.1, -0.05) is 35.1 Å². The second-order valence-electron chi connectivity index (χ2n) is 8.36. The molecule has 7 nitrogen and oxygen atoms in total. The monoisotopic (exact) mass is 533 g/mol. The zero-order valence-corrected chi connectivity index (χ0v) is 21.0. The van der Waals surface area contributed by atoms with Crippen LogP contribution in [0, 0.1) is 5.82 Å². The Morgan fingerprint density at radius 3 is 2.77 bits per heavy atom. The normalized spacial score (nSPS) is 17.0. The van der Waals surface area contributed by atoms with Crippen molar-refractivity contribution in [2.45, 2.75) is 31.2 Å². The van der Waals surface area contributed by atoms with Crippen molar-refractivity contribution in [3.63, 3.8) is 0 Å². The largest absolute Gasteiger partial charge is 0.593 e. The summed E-state index contributed by atoms with van der Waals surface area (Å²) in [7, 11) is 0. The van der Waals surface area contributed by atoms with Crippen molar-refractivity contribution in [1.82, 2.24) is 9.71 Å². The smallest absolute Gasteiger partial charge is 0.236 e. The zero-order valence-electron chi connectivity index (χ0n) is 18.6. The van der Waals surface area contributed by atoms with E-state index in [0.29, 0.717) is 44.8 Å². The van der Waals surface area contributed by atoms with Gasteiger partial charge in [-0.05, 0) is 54.8 Å². The maximum Gasteiger partial charge on any atom is 0.236 e. The number of nitrogens with one attached hydrogen (secondary N) is 2. The molecular formula is C24H21ClFN3O4S2. The lowest BCUT2D eigenvalue weighted by molar-refractivity contribution is -0.118. The third-order valence-corrected chi connectivity index (χ3v) is 8.34. The molecule has 0 unspecified atom stereocenters. The minimum atomic E-state index is -1.57. The summed E-state index contributed by atoms with van der Waals surface area (Å²) in [5.41, 5.74) is 0.750. The number of aromatic nitrogens is 1. The van der Waals surface area contributed by atoms with E-state index in [-0.39, 0.29) is 17.7 Å². The summed E-state index contributed by atoms with van der Waals surface area (Å²) < 4.78 is 39.9. The van der Waals surface area contributed by atoms with Gasteiger partial charge in [-0.3, -0.25) is 4.79 Å². The van der Waals surface area contributed by atoms with Crippen LogP contribution in [0.2, 0.25) is 5.02 Å². The van der Waals surface area contributed by atoms with Gasteiger partial charge >= 0.3 is 0 Å². The van der Waals surface area contributed by atoms with Gasteiger partial charge in [0.2, 0.25) is 12.7 Å². The predicted octanol–water partition coefficient (Wildman–Crippen LogP) is 5.21. The van der Waals surface area contributed by atoms with Crippen molar-refractivity contribution in [3.05, 3.63) is 80.9 Å². The van der Waals surface area contributed by atoms with Crippen LogP contribution in [-0.2, 0) is 21.6 Å². The lowest BCUT2D eigenvalue weighted by atomic mass is 9.94. The van der Waals surface area contributed by atoms with Crippen molar-refractivity contribution in [1.29, 1.82) is 0 Å². The highest BCUT2D eigenvalue weighted by Gasteiger charge is 2.52. The zero-order chi connectivity index (χ0) is 24.7. The first-order valence-corrected chi connectivity index (χ1v) is 13.1. The summed E-state index contributed by atoms with van der Waals surface area (Å²) in [6.45, 7) is 5.52. The molecule has 0 bridgehead atoms. The van der Waals surface area contributed by atoms with Gasteiger partial charge in [0.15, 0.2) is 16.6 Å². The summed E-state index contributed by atoms with van der Waals surface area (Å²) in [5.74, 6) is 0.662. The number of hydrogen-bond donors (Lipinski definition) is 2. The number of allylic oxidation sites excluding steroid dienone is 1. The predicted molar refractivity (Wildman–Crippen MR) is 134 cm³/mol. The molecule has 1 aliphatic heterocycles. The van der Waals surface area contributed by atoms with Gasteiger partial charge in [-0.15, -0.1) is 4.72 Å². The van der Waals surface area contributed by atoms with Crippen LogP contribution in [0.3, 0.4) is 0 Å². The quantitative estimate of drug-likeness (QED) is 0.386. The summed E-state index contributed by atoms with van der Waals surface area (Å²) in [4.78, 5) is 18.7. The second-order valence-corrected chi connectivity index (χ2v) is 11.3. The van der Waals surface area contributed by atoms with E-state index in [1.54, 1.807) is 13.1 Å². The maximum atomic E-state index is 13.6. The van der Waals surface area contributed by atoms with Gasteiger partial charge in [0.25, 0.3) is 0 Å². The first-order valence-electron chi connectivity index (χ1n) is 10.7. The Morgan fingerprint density at radius 1 is 1.29 bits per heavy atom. The summed E-state index contributed by atoms with van der Waals surface area (Å²) in [5, 5.41) is 3.49. The lowest BCUT2D eigenvalue weighted by Gasteiger charge is -2.20. The molecular weight excluding hydrogens is 513 g/mol. The molecule has 35 heavy (non-hydrogen) atoms. The molecule has 5 rings (SSSR count). The van der Waals surface area contributed by atoms with Gasteiger partial charge in [-0.25, -0.2) is 9.37 Å². The molecule has 1 aromatic heterocycles. The number of thiazole rings is 1. The van der Waals surface area contributed by atoms with Gasteiger partial charge < -0.3 is 19.3 Å². The van der Waals surface area contributed by atoms with Gasteiger partial charge in [0.05, 0.1) is 21.7 Å². The molecule has 1 fully saturated rings. The van der Waals surface area contributed by atoms with Gasteiger partial charge in [-0.2, -0.15) is 0 Å². The highest BCUT2D eigenvalue weighted by Crippen LogP contribution is 2.51. The Balaban J connectivity index is 1.38. The van der Waals surface area contributed by atoms with Crippen molar-refractivity contribution in [3.8, 4) is 11.5 Å². The number of benzene rings is 2. The van der Waals surface area contributed by atoms with E-state index in [2.05, 4.69) is 21.6 Å². The number of nitrogens with zero attached hydrogens (tertiary/aromatic N) is 1. The fourth-order valence-electron chi connectivity index (χ4n) is 3.88. The van der Waals surface area contributed by atoms with E-state index in [9.17, 15) is 13.7 Å². The molecule has 1 saturated carbocycles. The molecule has 2 N–H and O–H groups in total. The molecule has 11 heteroatoms. The second kappa shape index (κ2) is 9.44. The van der Waals surface area contributed by atoms with E-state index in [4.69, 9.17) is 21.1 Å². The summed E-state index contributed by atoms with van der Waals surface area (Å²) in [6.07, 6.45) is 3.00. The van der Waals surface area contributed by atoms with E-state index >= 15 is 0 Å². The molecule has 2 heterocycles. The third-order valence-electron chi connectivity index (χ3n) is 5.95. The lowest BCUT2D eigenvalue weighted by Crippen LogP contribution is -2.29. The Labute approximate surface area is 213 Å². The SMILES string of the molecule is C=C(C)[S@@+]([O-])N[C@H](c1cnc(NC(=O)C2(c3ccc4c(c3)OCO4)CC2)s1)c1ccc(F)cc1Cl. The number of carbonyl (C=O) groups excluding carboxylic acids is 1. The topological polar surface area (TPSA) is 95.5 Å². The van der Waals surface area contributed by atoms with E-state index in [1.165, 1.54) is 29.5 Å². The van der Waals surface area contributed by atoms with Crippen molar-refractivity contribution in [2.75, 3.05) is 12.1 Å². The van der Waals surface area contributed by atoms with Crippen LogP contribution < -0.4 is 19.5 Å². The summed E-state index contributed by atoms with van der Waals surface area (Å²) >= 11 is 5.95. The first kappa shape index (κ1) is 24.1. The Hall–Kier alpha value is -2.63. The molecule has 1 aliphatic carbocycles. The molecule has 0 saturated heterocycles. The molecule has 182 valence electrons. The van der Waals surface area contributed by atoms with Crippen LogP contribution in [0.5, 0.6) is 11.5 Å². The standard InChI is InChI=1S/C24H21ClFN3O4S2/c1-13(2)35(31)29-21(16-5-4-15(26)10-17(16)25)20-11-27-23(34-20)28-22(30)24(7-8-24)14-3-6-18-19(9-14)33-12-32-18/h3-6,9-11,21,29H,1,7-8,12H2,2H3,(H,27,28,30)/t21-,35+/m0/s1. The molecule has 0 spiro atoms. The number of amides is 1. The Kier molecular flexibility index (Phi) is 6.49. The minimum absolute atomic E-state index is 0.160. The van der Waals surface area contributed by atoms with Crippen LogP contribution in [0.1, 0.15) is 41.8 Å². The highest BCUT2D eigenvalue weighted by atomic mass is 35.5. The van der Waals surface area contributed by atoms with Crippen LogP contribution >= 0.6 is 22.9 Å². The van der Waals surface area contributed by atoms with E-state index < -0.39 is 28.6 Å². The molecule has 3 aromatic rings. The highest BCUT2D eigenvalue weighted by molar-refractivity contribution is 7.93. The third kappa shape index (κ3) is 4.76. The van der Waals surface area contributed by atoms with Crippen molar-refractivity contribution < 1.29 is 23.2 Å². The van der Waals surface area contributed by atoms with E-state index in [0.717, 1.165) is 5.56 Å². The number of anilines is 1. The van der Waals surface area contributed by atoms with Crippen LogP contribution in [0.4, 0.5) is 9.52 Å². The van der Waals surface area contributed by atoms with Gasteiger partial charge in [0.1, 0.15) is 16.8 Å². The number of carbonyl (C=O) groups is 1. The van der Waals surface area contributed by atoms with E-state index in [1.807, 2.05) is 18.2 Å². The minimum Gasteiger partial charge on any atom is -0.593 e. The van der Waals surface area contributed by atoms with Crippen LogP contribution in [0.25, 0.3) is 0 Å². The van der Waals surface area contributed by atoms with Crippen LogP contribution in [-0.4, -0.2) is 22.2 Å². The number of ether oxygens (including phenoxy) is 2. The fourth-order valence-corrected chi connectivity index (χ4v) is 5.78. The number of rotatable bonds is 8. The Morgan fingerprint density at radius 2 is 2.06 bits per heavy atom. The summed E-state index contributed by atoms with van der Waals surface area (Å²) in [6, 6.07) is 8.92. The molecule has 2 aliphatic rings. The number of hydrogen-bond acceptors (Lipinski definition) is 7. The van der Waals surface area contributed by atoms with Crippen molar-refractivity contribution >= 4 is 45.3 Å². The fraction of sp³-hybridized carbons (Fsp3) is 0.250.